The maximum absolute atomic E-state index is 11.0. The van der Waals surface area contributed by atoms with Gasteiger partial charge >= 0.3 is 0 Å². The van der Waals surface area contributed by atoms with Gasteiger partial charge in [0.25, 0.3) is 0 Å². The Hall–Kier alpha value is -1.36. The molecule has 1 aromatic heterocycles. The SMILES string of the molecule is Cc1c(Cl)nc(C2CC2)nc1N1CCC(CC(N)=O)CC1. The predicted octanol–water partition coefficient (Wildman–Crippen LogP) is 2.41. The number of carbonyl (C=O) groups excluding carboxylic acids is 1. The first kappa shape index (κ1) is 14.6. The van der Waals surface area contributed by atoms with E-state index in [0.29, 0.717) is 23.4 Å². The number of piperidine rings is 1. The van der Waals surface area contributed by atoms with Gasteiger partial charge in [0.15, 0.2) is 0 Å². The van der Waals surface area contributed by atoms with Crippen LogP contribution in [0.15, 0.2) is 0 Å². The zero-order valence-electron chi connectivity index (χ0n) is 12.3. The highest BCUT2D eigenvalue weighted by Crippen LogP contribution is 2.40. The number of nitrogens with two attached hydrogens (primary N) is 1. The molecule has 1 aliphatic carbocycles. The summed E-state index contributed by atoms with van der Waals surface area (Å²) >= 11 is 6.27. The minimum absolute atomic E-state index is 0.203. The van der Waals surface area contributed by atoms with E-state index in [-0.39, 0.29) is 5.91 Å². The normalized spacial score (nSPS) is 19.8. The van der Waals surface area contributed by atoms with E-state index < -0.39 is 0 Å². The number of anilines is 1. The number of hydrogen-bond donors (Lipinski definition) is 1. The summed E-state index contributed by atoms with van der Waals surface area (Å²) in [7, 11) is 0. The van der Waals surface area contributed by atoms with Crippen molar-refractivity contribution in [2.45, 2.75) is 44.9 Å². The van der Waals surface area contributed by atoms with Crippen LogP contribution in [0.3, 0.4) is 0 Å². The van der Waals surface area contributed by atoms with E-state index in [0.717, 1.165) is 43.1 Å². The smallest absolute Gasteiger partial charge is 0.217 e. The summed E-state index contributed by atoms with van der Waals surface area (Å²) in [6, 6.07) is 0. The first-order chi connectivity index (χ1) is 10.0. The van der Waals surface area contributed by atoms with Crippen LogP contribution in [0.1, 0.15) is 49.4 Å². The van der Waals surface area contributed by atoms with E-state index in [9.17, 15) is 4.79 Å². The number of hydrogen-bond acceptors (Lipinski definition) is 4. The van der Waals surface area contributed by atoms with E-state index in [1.165, 1.54) is 12.8 Å². The number of rotatable bonds is 4. The molecule has 2 fully saturated rings. The van der Waals surface area contributed by atoms with Crippen molar-refractivity contribution in [2.24, 2.45) is 11.7 Å². The molecule has 0 bridgehead atoms. The summed E-state index contributed by atoms with van der Waals surface area (Å²) in [5, 5.41) is 0.571. The van der Waals surface area contributed by atoms with E-state index >= 15 is 0 Å². The van der Waals surface area contributed by atoms with E-state index in [2.05, 4.69) is 9.88 Å². The van der Waals surface area contributed by atoms with E-state index in [4.69, 9.17) is 22.3 Å². The number of carbonyl (C=O) groups is 1. The quantitative estimate of drug-likeness (QED) is 0.867. The molecule has 6 heteroatoms. The number of aromatic nitrogens is 2. The van der Waals surface area contributed by atoms with E-state index in [1.807, 2.05) is 6.92 Å². The third kappa shape index (κ3) is 3.28. The second kappa shape index (κ2) is 5.79. The van der Waals surface area contributed by atoms with Gasteiger partial charge in [-0.15, -0.1) is 0 Å². The lowest BCUT2D eigenvalue weighted by Crippen LogP contribution is -2.36. The summed E-state index contributed by atoms with van der Waals surface area (Å²) in [5.74, 6) is 2.55. The lowest BCUT2D eigenvalue weighted by molar-refractivity contribution is -0.119. The molecule has 0 atom stereocenters. The molecule has 0 radical (unpaired) electrons. The second-order valence-electron chi connectivity index (χ2n) is 6.20. The van der Waals surface area contributed by atoms with Crippen LogP contribution in [0.4, 0.5) is 5.82 Å². The van der Waals surface area contributed by atoms with Crippen LogP contribution in [0.5, 0.6) is 0 Å². The lowest BCUT2D eigenvalue weighted by Gasteiger charge is -2.33. The van der Waals surface area contributed by atoms with Gasteiger partial charge in [0.05, 0.1) is 0 Å². The minimum atomic E-state index is -0.203. The van der Waals surface area contributed by atoms with Crippen molar-refractivity contribution >= 4 is 23.3 Å². The molecule has 2 aliphatic rings. The van der Waals surface area contributed by atoms with Gasteiger partial charge in [0.2, 0.25) is 5.91 Å². The van der Waals surface area contributed by atoms with Gasteiger partial charge in [0, 0.05) is 31.0 Å². The Bertz CT molecular complexity index is 551. The molecule has 3 rings (SSSR count). The minimum Gasteiger partial charge on any atom is -0.370 e. The van der Waals surface area contributed by atoms with Crippen molar-refractivity contribution in [1.82, 2.24) is 9.97 Å². The van der Waals surface area contributed by atoms with Gasteiger partial charge in [-0.2, -0.15) is 0 Å². The molecule has 1 amide bonds. The fourth-order valence-corrected chi connectivity index (χ4v) is 3.13. The van der Waals surface area contributed by atoms with Crippen LogP contribution in [-0.4, -0.2) is 29.0 Å². The third-order valence-corrected chi connectivity index (χ3v) is 4.79. The average molecular weight is 309 g/mol. The second-order valence-corrected chi connectivity index (χ2v) is 6.55. The molecular weight excluding hydrogens is 288 g/mol. The van der Waals surface area contributed by atoms with Crippen molar-refractivity contribution < 1.29 is 4.79 Å². The Morgan fingerprint density at radius 3 is 2.52 bits per heavy atom. The topological polar surface area (TPSA) is 72.1 Å². The first-order valence-corrected chi connectivity index (χ1v) is 7.99. The fraction of sp³-hybridized carbons (Fsp3) is 0.667. The van der Waals surface area contributed by atoms with Crippen molar-refractivity contribution in [1.29, 1.82) is 0 Å². The average Bonchev–Trinajstić information content (AvgIpc) is 3.26. The molecule has 0 spiro atoms. The van der Waals surface area contributed by atoms with E-state index in [1.54, 1.807) is 0 Å². The summed E-state index contributed by atoms with van der Waals surface area (Å²) in [5.41, 5.74) is 6.24. The highest BCUT2D eigenvalue weighted by molar-refractivity contribution is 6.30. The summed E-state index contributed by atoms with van der Waals surface area (Å²) in [6.45, 7) is 3.77. The number of nitrogens with zero attached hydrogens (tertiary/aromatic N) is 3. The molecule has 5 nitrogen and oxygen atoms in total. The van der Waals surface area contributed by atoms with Crippen molar-refractivity contribution in [2.75, 3.05) is 18.0 Å². The summed E-state index contributed by atoms with van der Waals surface area (Å²) < 4.78 is 0. The fourth-order valence-electron chi connectivity index (χ4n) is 2.96. The Labute approximate surface area is 129 Å². The van der Waals surface area contributed by atoms with Crippen LogP contribution >= 0.6 is 11.6 Å². The maximum atomic E-state index is 11.0. The summed E-state index contributed by atoms with van der Waals surface area (Å²) in [6.07, 6.45) is 4.77. The molecule has 0 aromatic carbocycles. The molecule has 1 saturated heterocycles. The van der Waals surface area contributed by atoms with Crippen LogP contribution in [0.25, 0.3) is 0 Å². The van der Waals surface area contributed by atoms with Gasteiger partial charge in [-0.3, -0.25) is 4.79 Å². The Morgan fingerprint density at radius 1 is 1.29 bits per heavy atom. The van der Waals surface area contributed by atoms with Crippen molar-refractivity contribution in [3.8, 4) is 0 Å². The van der Waals surface area contributed by atoms with Gasteiger partial charge in [-0.25, -0.2) is 9.97 Å². The molecule has 2 heterocycles. The van der Waals surface area contributed by atoms with Crippen molar-refractivity contribution in [3.05, 3.63) is 16.5 Å². The maximum Gasteiger partial charge on any atom is 0.217 e. The van der Waals surface area contributed by atoms with Crippen molar-refractivity contribution in [3.63, 3.8) is 0 Å². The molecule has 1 aliphatic heterocycles. The molecule has 0 unspecified atom stereocenters. The third-order valence-electron chi connectivity index (χ3n) is 4.42. The highest BCUT2D eigenvalue weighted by atomic mass is 35.5. The van der Waals surface area contributed by atoms with Crippen LogP contribution < -0.4 is 10.6 Å². The largest absolute Gasteiger partial charge is 0.370 e. The molecule has 2 N–H and O–H groups in total. The zero-order chi connectivity index (χ0) is 15.0. The molecule has 21 heavy (non-hydrogen) atoms. The Balaban J connectivity index is 1.74. The Morgan fingerprint density at radius 2 is 1.95 bits per heavy atom. The van der Waals surface area contributed by atoms with Crippen LogP contribution in [-0.2, 0) is 4.79 Å². The van der Waals surface area contributed by atoms with Gasteiger partial charge in [-0.05, 0) is 38.5 Å². The van der Waals surface area contributed by atoms with Gasteiger partial charge in [-0.1, -0.05) is 11.6 Å². The molecule has 1 aromatic rings. The lowest BCUT2D eigenvalue weighted by atomic mass is 9.93. The van der Waals surface area contributed by atoms with Gasteiger partial charge < -0.3 is 10.6 Å². The monoisotopic (exact) mass is 308 g/mol. The first-order valence-electron chi connectivity index (χ1n) is 7.62. The van der Waals surface area contributed by atoms with Crippen LogP contribution in [0.2, 0.25) is 5.15 Å². The number of primary amides is 1. The van der Waals surface area contributed by atoms with Crippen LogP contribution in [0, 0.1) is 12.8 Å². The molecule has 1 saturated carbocycles. The standard InChI is InChI=1S/C15H21ClN4O/c1-9-13(16)18-14(11-2-3-11)19-15(9)20-6-4-10(5-7-20)8-12(17)21/h10-11H,2-8H2,1H3,(H2,17,21). The Kier molecular flexibility index (Phi) is 4.02. The summed E-state index contributed by atoms with van der Waals surface area (Å²) in [4.78, 5) is 22.4. The molecular formula is C15H21ClN4O. The number of halogens is 1. The predicted molar refractivity (Wildman–Crippen MR) is 82.5 cm³/mol. The van der Waals surface area contributed by atoms with Gasteiger partial charge in [0.1, 0.15) is 16.8 Å². The molecule has 114 valence electrons. The highest BCUT2D eigenvalue weighted by Gasteiger charge is 2.30. The number of amides is 1. The zero-order valence-corrected chi connectivity index (χ0v) is 13.1.